The fourth-order valence-electron chi connectivity index (χ4n) is 1.85. The highest BCUT2D eigenvalue weighted by molar-refractivity contribution is 9.10. The van der Waals surface area contributed by atoms with Gasteiger partial charge in [0.1, 0.15) is 5.75 Å². The molecule has 4 nitrogen and oxygen atoms in total. The lowest BCUT2D eigenvalue weighted by Crippen LogP contribution is -2.35. The highest BCUT2D eigenvalue weighted by atomic mass is 79.9. The van der Waals surface area contributed by atoms with Crippen LogP contribution in [0.4, 0.5) is 0 Å². The van der Waals surface area contributed by atoms with E-state index in [1.807, 2.05) is 30.3 Å². The Morgan fingerprint density at radius 2 is 2.05 bits per heavy atom. The topological polar surface area (TPSA) is 62.1 Å². The van der Waals surface area contributed by atoms with Gasteiger partial charge in [0.15, 0.2) is 6.10 Å². The van der Waals surface area contributed by atoms with Crippen molar-refractivity contribution in [2.75, 3.05) is 0 Å². The van der Waals surface area contributed by atoms with Crippen LogP contribution in [-0.4, -0.2) is 12.0 Å². The molecule has 0 aliphatic rings. The summed E-state index contributed by atoms with van der Waals surface area (Å²) in [7, 11) is 0. The Kier molecular flexibility index (Phi) is 5.56. The number of amides is 1. The summed E-state index contributed by atoms with van der Waals surface area (Å²) in [5.41, 5.74) is 1.56. The third-order valence-corrected chi connectivity index (χ3v) is 3.51. The van der Waals surface area contributed by atoms with Gasteiger partial charge in [-0.1, -0.05) is 28.1 Å². The van der Waals surface area contributed by atoms with Crippen molar-refractivity contribution in [3.05, 3.63) is 64.1 Å². The molecule has 0 saturated carbocycles. The summed E-state index contributed by atoms with van der Waals surface area (Å²) in [6.45, 7) is 2.13. The van der Waals surface area contributed by atoms with E-state index >= 15 is 0 Å². The maximum Gasteiger partial charge on any atom is 0.261 e. The van der Waals surface area contributed by atoms with Gasteiger partial charge in [-0.3, -0.25) is 4.79 Å². The molecule has 0 bridgehead atoms. The minimum atomic E-state index is -0.611. The average molecular weight is 359 g/mol. The van der Waals surface area contributed by atoms with Crippen LogP contribution in [0.25, 0.3) is 0 Å². The minimum Gasteiger partial charge on any atom is -0.481 e. The molecule has 0 saturated heterocycles. The highest BCUT2D eigenvalue weighted by Crippen LogP contribution is 2.14. The number of rotatable bonds is 5. The highest BCUT2D eigenvalue weighted by Gasteiger charge is 2.14. The second-order valence-corrected chi connectivity index (χ2v) is 5.66. The second-order valence-electron chi connectivity index (χ2n) is 4.74. The molecule has 2 aromatic carbocycles. The predicted molar refractivity (Wildman–Crippen MR) is 87.2 cm³/mol. The zero-order valence-corrected chi connectivity index (χ0v) is 13.6. The SMILES string of the molecule is CC(Oc1ccc(C#N)cc1)C(=O)NCc1cccc(Br)c1. The summed E-state index contributed by atoms with van der Waals surface area (Å²) < 4.78 is 6.53. The van der Waals surface area contributed by atoms with Gasteiger partial charge in [0, 0.05) is 11.0 Å². The third-order valence-electron chi connectivity index (χ3n) is 3.02. The van der Waals surface area contributed by atoms with E-state index in [9.17, 15) is 4.79 Å². The summed E-state index contributed by atoms with van der Waals surface area (Å²) in [5.74, 6) is 0.369. The van der Waals surface area contributed by atoms with Crippen LogP contribution in [0.1, 0.15) is 18.1 Å². The largest absolute Gasteiger partial charge is 0.481 e. The van der Waals surface area contributed by atoms with Gasteiger partial charge in [-0.2, -0.15) is 5.26 Å². The molecule has 22 heavy (non-hydrogen) atoms. The fraction of sp³-hybridized carbons (Fsp3) is 0.176. The molecular formula is C17H15BrN2O2. The second kappa shape index (κ2) is 7.62. The van der Waals surface area contributed by atoms with Gasteiger partial charge in [-0.05, 0) is 48.9 Å². The Bertz CT molecular complexity index is 693. The first-order valence-corrected chi connectivity index (χ1v) is 7.57. The quantitative estimate of drug-likeness (QED) is 0.890. The first-order chi connectivity index (χ1) is 10.6. The van der Waals surface area contributed by atoms with E-state index in [4.69, 9.17) is 10.00 Å². The number of hydrogen-bond acceptors (Lipinski definition) is 3. The van der Waals surface area contributed by atoms with E-state index in [1.54, 1.807) is 31.2 Å². The Morgan fingerprint density at radius 1 is 1.32 bits per heavy atom. The fourth-order valence-corrected chi connectivity index (χ4v) is 2.29. The Morgan fingerprint density at radius 3 is 2.68 bits per heavy atom. The van der Waals surface area contributed by atoms with Crippen LogP contribution in [0.15, 0.2) is 53.0 Å². The third kappa shape index (κ3) is 4.61. The number of carbonyl (C=O) groups excluding carboxylic acids is 1. The molecule has 2 aromatic rings. The standard InChI is InChI=1S/C17H15BrN2O2/c1-12(22-16-7-5-13(10-19)6-8-16)17(21)20-11-14-3-2-4-15(18)9-14/h2-9,12H,11H2,1H3,(H,20,21). The molecule has 0 spiro atoms. The Balaban J connectivity index is 1.87. The number of ether oxygens (including phenoxy) is 1. The van der Waals surface area contributed by atoms with Crippen LogP contribution >= 0.6 is 15.9 Å². The summed E-state index contributed by atoms with van der Waals surface area (Å²) in [5, 5.41) is 11.6. The number of halogens is 1. The van der Waals surface area contributed by atoms with E-state index in [0.717, 1.165) is 10.0 Å². The number of nitrogens with one attached hydrogen (secondary N) is 1. The van der Waals surface area contributed by atoms with Crippen molar-refractivity contribution in [1.29, 1.82) is 5.26 Å². The minimum absolute atomic E-state index is 0.190. The lowest BCUT2D eigenvalue weighted by atomic mass is 10.2. The smallest absolute Gasteiger partial charge is 0.261 e. The molecule has 1 N–H and O–H groups in total. The molecule has 5 heteroatoms. The van der Waals surface area contributed by atoms with Crippen molar-refractivity contribution in [3.63, 3.8) is 0 Å². The van der Waals surface area contributed by atoms with Crippen molar-refractivity contribution in [3.8, 4) is 11.8 Å². The molecule has 0 heterocycles. The molecule has 2 rings (SSSR count). The first-order valence-electron chi connectivity index (χ1n) is 6.77. The van der Waals surface area contributed by atoms with E-state index in [0.29, 0.717) is 17.9 Å². The molecule has 112 valence electrons. The van der Waals surface area contributed by atoms with E-state index < -0.39 is 6.10 Å². The molecule has 1 atom stereocenters. The van der Waals surface area contributed by atoms with Crippen molar-refractivity contribution >= 4 is 21.8 Å². The van der Waals surface area contributed by atoms with Crippen LogP contribution in [0.3, 0.4) is 0 Å². The Hall–Kier alpha value is -2.32. The number of carbonyl (C=O) groups is 1. The van der Waals surface area contributed by atoms with Gasteiger partial charge in [0.25, 0.3) is 5.91 Å². The van der Waals surface area contributed by atoms with Gasteiger partial charge in [-0.15, -0.1) is 0 Å². The molecule has 0 radical (unpaired) electrons. The molecule has 0 aliphatic carbocycles. The number of hydrogen-bond donors (Lipinski definition) is 1. The van der Waals surface area contributed by atoms with Crippen LogP contribution < -0.4 is 10.1 Å². The lowest BCUT2D eigenvalue weighted by Gasteiger charge is -2.14. The van der Waals surface area contributed by atoms with Gasteiger partial charge >= 0.3 is 0 Å². The van der Waals surface area contributed by atoms with E-state index in [2.05, 4.69) is 21.2 Å². The maximum absolute atomic E-state index is 12.0. The van der Waals surface area contributed by atoms with Gasteiger partial charge in [0.05, 0.1) is 11.6 Å². The maximum atomic E-state index is 12.0. The summed E-state index contributed by atoms with van der Waals surface area (Å²) in [6, 6.07) is 16.4. The first kappa shape index (κ1) is 16.1. The molecule has 1 amide bonds. The normalized spacial score (nSPS) is 11.3. The number of nitriles is 1. The van der Waals surface area contributed by atoms with Gasteiger partial charge in [0.2, 0.25) is 0 Å². The lowest BCUT2D eigenvalue weighted by molar-refractivity contribution is -0.127. The van der Waals surface area contributed by atoms with Crippen LogP contribution in [-0.2, 0) is 11.3 Å². The number of benzene rings is 2. The van der Waals surface area contributed by atoms with E-state index in [-0.39, 0.29) is 5.91 Å². The molecule has 0 fully saturated rings. The summed E-state index contributed by atoms with van der Waals surface area (Å²) in [4.78, 5) is 12.0. The predicted octanol–water partition coefficient (Wildman–Crippen LogP) is 3.40. The van der Waals surface area contributed by atoms with Crippen molar-refractivity contribution in [1.82, 2.24) is 5.32 Å². The van der Waals surface area contributed by atoms with Gasteiger partial charge in [-0.25, -0.2) is 0 Å². The molecular weight excluding hydrogens is 344 g/mol. The van der Waals surface area contributed by atoms with Crippen LogP contribution in [0.5, 0.6) is 5.75 Å². The monoisotopic (exact) mass is 358 g/mol. The Labute approximate surface area is 137 Å². The zero-order chi connectivity index (χ0) is 15.9. The van der Waals surface area contributed by atoms with Crippen LogP contribution in [0, 0.1) is 11.3 Å². The van der Waals surface area contributed by atoms with E-state index in [1.165, 1.54) is 0 Å². The summed E-state index contributed by atoms with van der Waals surface area (Å²) >= 11 is 3.39. The van der Waals surface area contributed by atoms with Gasteiger partial charge < -0.3 is 10.1 Å². The van der Waals surface area contributed by atoms with Crippen molar-refractivity contribution in [2.24, 2.45) is 0 Å². The van der Waals surface area contributed by atoms with Crippen molar-refractivity contribution in [2.45, 2.75) is 19.6 Å². The van der Waals surface area contributed by atoms with Crippen molar-refractivity contribution < 1.29 is 9.53 Å². The summed E-state index contributed by atoms with van der Waals surface area (Å²) in [6.07, 6.45) is -0.611. The molecule has 0 aromatic heterocycles. The number of nitrogens with zero attached hydrogens (tertiary/aromatic N) is 1. The molecule has 0 aliphatic heterocycles. The molecule has 1 unspecified atom stereocenters. The average Bonchev–Trinajstić information content (AvgIpc) is 2.53. The van der Waals surface area contributed by atoms with Crippen LogP contribution in [0.2, 0.25) is 0 Å². The zero-order valence-electron chi connectivity index (χ0n) is 12.0.